The summed E-state index contributed by atoms with van der Waals surface area (Å²) in [4.78, 5) is 14.0. The lowest BCUT2D eigenvalue weighted by Crippen LogP contribution is -2.39. The van der Waals surface area contributed by atoms with Crippen LogP contribution < -0.4 is 5.32 Å². The number of anilines is 1. The molecule has 5 rings (SSSR count). The molecule has 1 fully saturated rings. The number of aromatic amines is 1. The van der Waals surface area contributed by atoms with Gasteiger partial charge in [-0.1, -0.05) is 6.07 Å². The van der Waals surface area contributed by atoms with Crippen molar-refractivity contribution in [1.82, 2.24) is 19.9 Å². The first-order valence-electron chi connectivity index (χ1n) is 11.3. The Kier molecular flexibility index (Phi) is 6.53. The Hall–Kier alpha value is -3.30. The lowest BCUT2D eigenvalue weighted by molar-refractivity contribution is -0.126. The van der Waals surface area contributed by atoms with Crippen LogP contribution in [0.25, 0.3) is 21.1 Å². The largest absolute Gasteiger partial charge is 0.393 e. The molecule has 3 aromatic heterocycles. The zero-order valence-corrected chi connectivity index (χ0v) is 19.7. The lowest BCUT2D eigenvalue weighted by Gasteiger charge is -2.33. The first-order valence-corrected chi connectivity index (χ1v) is 12.1. The van der Waals surface area contributed by atoms with Gasteiger partial charge >= 0.3 is 6.18 Å². The monoisotopic (exact) mass is 520 g/mol. The summed E-state index contributed by atoms with van der Waals surface area (Å²) in [5.74, 6) is 0.509. The Morgan fingerprint density at radius 1 is 1.17 bits per heavy atom. The molecule has 1 aliphatic heterocycles. The summed E-state index contributed by atoms with van der Waals surface area (Å²) in [7, 11) is 0. The maximum atomic E-state index is 14.0. The molecular formula is C24H21F5N6S. The van der Waals surface area contributed by atoms with E-state index in [4.69, 9.17) is 5.26 Å². The van der Waals surface area contributed by atoms with Gasteiger partial charge in [0, 0.05) is 47.0 Å². The highest BCUT2D eigenvalue weighted by molar-refractivity contribution is 7.18. The number of halogens is 5. The molecule has 2 N–H and O–H groups in total. The zero-order valence-electron chi connectivity index (χ0n) is 18.9. The van der Waals surface area contributed by atoms with Gasteiger partial charge in [-0.3, -0.25) is 4.90 Å². The number of hydrogen-bond acceptors (Lipinski definition) is 6. The topological polar surface area (TPSA) is 80.6 Å². The summed E-state index contributed by atoms with van der Waals surface area (Å²) in [5, 5.41) is 13.4. The molecule has 0 aliphatic carbocycles. The van der Waals surface area contributed by atoms with Crippen LogP contribution in [-0.4, -0.2) is 45.2 Å². The number of aromatic nitrogens is 3. The van der Waals surface area contributed by atoms with Crippen molar-refractivity contribution in [2.24, 2.45) is 0 Å². The Labute approximate surface area is 206 Å². The van der Waals surface area contributed by atoms with Gasteiger partial charge in [-0.2, -0.15) is 18.4 Å². The lowest BCUT2D eigenvalue weighted by atomic mass is 10.00. The first kappa shape index (κ1) is 24.4. The number of nitrogens with one attached hydrogen (secondary N) is 2. The number of thiophene rings is 1. The molecule has 6 nitrogen and oxygen atoms in total. The van der Waals surface area contributed by atoms with Gasteiger partial charge in [-0.15, -0.1) is 11.3 Å². The second-order valence-corrected chi connectivity index (χ2v) is 9.95. The standard InChI is InChI=1S/C24H21F5N6S/c25-21(26)20-13(1-2-19-17(20)7-15(10-30)33-19)11-35-5-3-14(4-6-35)34-22-18-8-16(9-24(27,28)29)36-23(18)32-12-31-22/h1-2,7-8,12,14,21,33H,3-6,9,11H2,(H,31,32,34). The van der Waals surface area contributed by atoms with E-state index in [1.54, 1.807) is 12.1 Å². The van der Waals surface area contributed by atoms with Crippen LogP contribution in [0, 0.1) is 11.3 Å². The Bertz CT molecular complexity index is 1430. The van der Waals surface area contributed by atoms with Crippen LogP contribution in [0.1, 0.15) is 41.0 Å². The van der Waals surface area contributed by atoms with Gasteiger partial charge in [0.2, 0.25) is 0 Å². The van der Waals surface area contributed by atoms with Crippen molar-refractivity contribution in [2.75, 3.05) is 18.4 Å². The Morgan fingerprint density at radius 2 is 1.94 bits per heavy atom. The minimum atomic E-state index is -4.29. The van der Waals surface area contributed by atoms with E-state index in [-0.39, 0.29) is 22.2 Å². The molecule has 1 saturated heterocycles. The molecule has 0 saturated carbocycles. The third-order valence-corrected chi connectivity index (χ3v) is 7.39. The van der Waals surface area contributed by atoms with E-state index < -0.39 is 19.0 Å². The van der Waals surface area contributed by atoms with Gasteiger partial charge in [0.25, 0.3) is 6.43 Å². The fourth-order valence-electron chi connectivity index (χ4n) is 4.70. The molecule has 0 radical (unpaired) electrons. The molecule has 0 spiro atoms. The van der Waals surface area contributed by atoms with Crippen molar-refractivity contribution in [3.05, 3.63) is 52.3 Å². The van der Waals surface area contributed by atoms with Crippen LogP contribution in [0.2, 0.25) is 0 Å². The third kappa shape index (κ3) is 5.12. The molecule has 1 aliphatic rings. The quantitative estimate of drug-likeness (QED) is 0.298. The number of benzene rings is 1. The highest BCUT2D eigenvalue weighted by atomic mass is 32.1. The van der Waals surface area contributed by atoms with E-state index in [2.05, 4.69) is 25.2 Å². The highest BCUT2D eigenvalue weighted by Gasteiger charge is 2.29. The molecule has 0 amide bonds. The van der Waals surface area contributed by atoms with Crippen LogP contribution in [0.3, 0.4) is 0 Å². The van der Waals surface area contributed by atoms with Crippen molar-refractivity contribution < 1.29 is 22.0 Å². The number of nitriles is 1. The number of hydrogen-bond donors (Lipinski definition) is 2. The van der Waals surface area contributed by atoms with E-state index in [0.29, 0.717) is 52.1 Å². The van der Waals surface area contributed by atoms with Crippen molar-refractivity contribution in [1.29, 1.82) is 5.26 Å². The van der Waals surface area contributed by atoms with Crippen LogP contribution >= 0.6 is 11.3 Å². The molecule has 0 bridgehead atoms. The SMILES string of the molecule is N#Cc1cc2c(C(F)F)c(CN3CCC(Nc4ncnc5sc(CC(F)(F)F)cc45)CC3)ccc2[nH]1. The second kappa shape index (κ2) is 9.63. The summed E-state index contributed by atoms with van der Waals surface area (Å²) in [5.41, 5.74) is 1.23. The highest BCUT2D eigenvalue weighted by Crippen LogP contribution is 2.35. The zero-order chi connectivity index (χ0) is 25.4. The van der Waals surface area contributed by atoms with E-state index in [9.17, 15) is 22.0 Å². The van der Waals surface area contributed by atoms with Gasteiger partial charge in [-0.05, 0) is 36.6 Å². The van der Waals surface area contributed by atoms with Gasteiger partial charge < -0.3 is 10.3 Å². The van der Waals surface area contributed by atoms with Crippen molar-refractivity contribution >= 4 is 38.3 Å². The number of likely N-dealkylation sites (tertiary alicyclic amines) is 1. The smallest absolute Gasteiger partial charge is 0.367 e. The summed E-state index contributed by atoms with van der Waals surface area (Å²) >= 11 is 1.01. The second-order valence-electron chi connectivity index (χ2n) is 8.84. The number of nitrogens with zero attached hydrogens (tertiary/aromatic N) is 4. The third-order valence-electron chi connectivity index (χ3n) is 6.35. The number of H-pyrrole nitrogens is 1. The van der Waals surface area contributed by atoms with Gasteiger partial charge in [0.05, 0.1) is 11.8 Å². The van der Waals surface area contributed by atoms with Gasteiger partial charge in [0.15, 0.2) is 0 Å². The minimum Gasteiger partial charge on any atom is -0.367 e. The minimum absolute atomic E-state index is 0.0465. The molecule has 4 aromatic rings. The molecule has 0 unspecified atom stereocenters. The maximum absolute atomic E-state index is 14.0. The number of alkyl halides is 5. The fraction of sp³-hybridized carbons (Fsp3) is 0.375. The van der Waals surface area contributed by atoms with Crippen molar-refractivity contribution in [2.45, 2.75) is 44.5 Å². The van der Waals surface area contributed by atoms with Gasteiger partial charge in [-0.25, -0.2) is 18.7 Å². The van der Waals surface area contributed by atoms with Crippen molar-refractivity contribution in [3.8, 4) is 6.07 Å². The summed E-state index contributed by atoms with van der Waals surface area (Å²) in [6, 6.07) is 8.36. The summed E-state index contributed by atoms with van der Waals surface area (Å²) in [6.45, 7) is 1.68. The summed E-state index contributed by atoms with van der Waals surface area (Å²) in [6.07, 6.45) is -5.17. The maximum Gasteiger partial charge on any atom is 0.393 e. The molecule has 36 heavy (non-hydrogen) atoms. The fourth-order valence-corrected chi connectivity index (χ4v) is 5.73. The van der Waals surface area contributed by atoms with Crippen LogP contribution in [-0.2, 0) is 13.0 Å². The number of rotatable bonds is 6. The van der Waals surface area contributed by atoms with E-state index in [0.717, 1.165) is 24.2 Å². The molecular weight excluding hydrogens is 499 g/mol. The normalized spacial score (nSPS) is 15.7. The first-order chi connectivity index (χ1) is 17.2. The predicted molar refractivity (Wildman–Crippen MR) is 127 cm³/mol. The van der Waals surface area contributed by atoms with E-state index >= 15 is 0 Å². The van der Waals surface area contributed by atoms with Crippen LogP contribution in [0.4, 0.5) is 27.8 Å². The predicted octanol–water partition coefficient (Wildman–Crippen LogP) is 6.16. The van der Waals surface area contributed by atoms with Crippen LogP contribution in [0.5, 0.6) is 0 Å². The number of fused-ring (bicyclic) bond motifs is 2. The van der Waals surface area contributed by atoms with E-state index in [1.807, 2.05) is 6.07 Å². The number of piperidine rings is 1. The van der Waals surface area contributed by atoms with Crippen LogP contribution in [0.15, 0.2) is 30.6 Å². The molecule has 12 heteroatoms. The summed E-state index contributed by atoms with van der Waals surface area (Å²) < 4.78 is 66.3. The molecule has 188 valence electrons. The molecule has 1 aromatic carbocycles. The van der Waals surface area contributed by atoms with Gasteiger partial charge in [0.1, 0.15) is 28.7 Å². The van der Waals surface area contributed by atoms with Crippen molar-refractivity contribution in [3.63, 3.8) is 0 Å². The molecule has 4 heterocycles. The molecule has 0 atom stereocenters. The Morgan fingerprint density at radius 3 is 2.64 bits per heavy atom. The Balaban J connectivity index is 1.26. The average Bonchev–Trinajstić information content (AvgIpc) is 3.42. The van der Waals surface area contributed by atoms with E-state index in [1.165, 1.54) is 18.5 Å². The average molecular weight is 521 g/mol.